The fourth-order valence-corrected chi connectivity index (χ4v) is 5.66. The lowest BCUT2D eigenvalue weighted by molar-refractivity contribution is -0.132. The molecule has 4 aromatic rings. The predicted octanol–water partition coefficient (Wildman–Crippen LogP) is 5.83. The molecule has 1 fully saturated rings. The number of ether oxygens (including phenoxy) is 1. The van der Waals surface area contributed by atoms with E-state index >= 15 is 0 Å². The summed E-state index contributed by atoms with van der Waals surface area (Å²) in [5.74, 6) is -0.913. The van der Waals surface area contributed by atoms with E-state index in [0.29, 0.717) is 16.7 Å². The van der Waals surface area contributed by atoms with Crippen LogP contribution in [0, 0.1) is 0 Å². The number of rotatable bonds is 5. The molecule has 1 atom stereocenters. The van der Waals surface area contributed by atoms with Gasteiger partial charge in [0.15, 0.2) is 22.9 Å². The van der Waals surface area contributed by atoms with Crippen molar-refractivity contribution in [3.63, 3.8) is 0 Å². The highest BCUT2D eigenvalue weighted by Crippen LogP contribution is 2.45. The third-order valence-corrected chi connectivity index (χ3v) is 7.32. The molecule has 1 aliphatic carbocycles. The largest absolute Gasteiger partial charge is 0.503 e. The van der Waals surface area contributed by atoms with Crippen LogP contribution in [0.4, 0.5) is 0 Å². The molecule has 2 N–H and O–H groups in total. The molecule has 1 aliphatic heterocycles. The summed E-state index contributed by atoms with van der Waals surface area (Å²) in [5, 5.41) is 12.7. The molecule has 0 radical (unpaired) electrons. The number of nitrogens with zero attached hydrogens (tertiary/aromatic N) is 1. The highest BCUT2D eigenvalue weighted by molar-refractivity contribution is 6.16. The van der Waals surface area contributed by atoms with Gasteiger partial charge in [-0.1, -0.05) is 49.6 Å². The topological polar surface area (TPSA) is 95.8 Å². The number of methoxy groups -OCH3 is 1. The molecule has 7 heteroatoms. The molecular formula is C28H26N2O5. The van der Waals surface area contributed by atoms with Crippen LogP contribution in [0.1, 0.15) is 54.3 Å². The number of hydrogen-bond acceptors (Lipinski definition) is 5. The van der Waals surface area contributed by atoms with Crippen LogP contribution in [0.2, 0.25) is 0 Å². The Morgan fingerprint density at radius 1 is 1.11 bits per heavy atom. The Hall–Kier alpha value is -4.00. The molecule has 178 valence electrons. The van der Waals surface area contributed by atoms with E-state index in [-0.39, 0.29) is 17.4 Å². The first kappa shape index (κ1) is 21.5. The maximum absolute atomic E-state index is 13.9. The second kappa shape index (κ2) is 8.34. The predicted molar refractivity (Wildman–Crippen MR) is 132 cm³/mol. The van der Waals surface area contributed by atoms with Crippen LogP contribution in [-0.4, -0.2) is 39.8 Å². The normalized spacial score (nSPS) is 19.3. The molecule has 0 spiro atoms. The number of aromatic amines is 1. The van der Waals surface area contributed by atoms with Gasteiger partial charge >= 0.3 is 0 Å². The van der Waals surface area contributed by atoms with Crippen molar-refractivity contribution in [2.45, 2.75) is 44.2 Å². The smallest absolute Gasteiger partial charge is 0.290 e. The van der Waals surface area contributed by atoms with E-state index in [1.807, 2.05) is 42.6 Å². The summed E-state index contributed by atoms with van der Waals surface area (Å²) in [7, 11) is 1.54. The van der Waals surface area contributed by atoms with Gasteiger partial charge in [0, 0.05) is 34.1 Å². The number of carbonyl (C=O) groups is 2. The molecule has 7 nitrogen and oxygen atoms in total. The van der Waals surface area contributed by atoms with Gasteiger partial charge in [-0.3, -0.25) is 9.59 Å². The number of para-hydroxylation sites is 2. The third kappa shape index (κ3) is 3.33. The number of aliphatic hydroxyl groups excluding tert-OH is 1. The van der Waals surface area contributed by atoms with Crippen molar-refractivity contribution in [3.05, 3.63) is 77.4 Å². The molecule has 2 aliphatic rings. The van der Waals surface area contributed by atoms with Crippen molar-refractivity contribution >= 4 is 33.6 Å². The molecule has 1 amide bonds. The maximum atomic E-state index is 13.9. The van der Waals surface area contributed by atoms with E-state index in [0.717, 1.165) is 48.6 Å². The van der Waals surface area contributed by atoms with Gasteiger partial charge in [-0.2, -0.15) is 0 Å². The number of carbonyl (C=O) groups excluding carboxylic acids is 2. The second-order valence-electron chi connectivity index (χ2n) is 9.28. The Kier molecular flexibility index (Phi) is 5.13. The van der Waals surface area contributed by atoms with Crippen LogP contribution in [0.25, 0.3) is 21.9 Å². The number of amides is 1. The van der Waals surface area contributed by atoms with Crippen molar-refractivity contribution in [1.29, 1.82) is 0 Å². The van der Waals surface area contributed by atoms with Crippen LogP contribution in [0.5, 0.6) is 5.75 Å². The number of hydrogen-bond donors (Lipinski definition) is 2. The maximum Gasteiger partial charge on any atom is 0.290 e. The summed E-state index contributed by atoms with van der Waals surface area (Å²) in [5.41, 5.74) is 2.21. The quantitative estimate of drug-likeness (QED) is 0.358. The molecule has 3 heterocycles. The minimum Gasteiger partial charge on any atom is -0.503 e. The van der Waals surface area contributed by atoms with Crippen LogP contribution < -0.4 is 4.74 Å². The van der Waals surface area contributed by atoms with Crippen molar-refractivity contribution in [2.24, 2.45) is 0 Å². The zero-order chi connectivity index (χ0) is 24.1. The number of fused-ring (bicyclic) bond motifs is 2. The monoisotopic (exact) mass is 470 g/mol. The first-order valence-corrected chi connectivity index (χ1v) is 12.0. The van der Waals surface area contributed by atoms with E-state index in [1.165, 1.54) is 7.11 Å². The SMILES string of the molecule is COc1cccc2cc(C(=O)C3=C(O)C(=O)N(C4CCCCC4)C3c3c[nH]c4ccccc34)oc12. The first-order valence-electron chi connectivity index (χ1n) is 12.0. The third-order valence-electron chi connectivity index (χ3n) is 7.32. The van der Waals surface area contributed by atoms with Gasteiger partial charge in [-0.15, -0.1) is 0 Å². The molecule has 1 unspecified atom stereocenters. The number of nitrogens with one attached hydrogen (secondary N) is 1. The van der Waals surface area contributed by atoms with E-state index in [4.69, 9.17) is 9.15 Å². The Labute approximate surface area is 202 Å². The fraction of sp³-hybridized carbons (Fsp3) is 0.286. The standard InChI is InChI=1S/C28H26N2O5/c1-34-21-13-7-8-16-14-22(35-27(16)21)25(31)23-24(19-15-29-20-12-6-5-11-18(19)20)30(28(33)26(23)32)17-9-3-2-4-10-17/h5-8,11-15,17,24,29,32H,2-4,9-10H2,1H3. The molecule has 0 saturated heterocycles. The molecule has 35 heavy (non-hydrogen) atoms. The van der Waals surface area contributed by atoms with E-state index in [1.54, 1.807) is 17.0 Å². The van der Waals surface area contributed by atoms with Crippen molar-refractivity contribution in [3.8, 4) is 5.75 Å². The summed E-state index contributed by atoms with van der Waals surface area (Å²) in [6, 6.07) is 14.1. The summed E-state index contributed by atoms with van der Waals surface area (Å²) < 4.78 is 11.3. The van der Waals surface area contributed by atoms with Crippen LogP contribution in [-0.2, 0) is 4.79 Å². The molecule has 2 aromatic carbocycles. The van der Waals surface area contributed by atoms with Gasteiger partial charge in [0.1, 0.15) is 0 Å². The molecule has 2 aromatic heterocycles. The van der Waals surface area contributed by atoms with E-state index in [9.17, 15) is 14.7 Å². The van der Waals surface area contributed by atoms with Gasteiger partial charge in [0.2, 0.25) is 5.78 Å². The summed E-state index contributed by atoms with van der Waals surface area (Å²) in [6.45, 7) is 0. The fourth-order valence-electron chi connectivity index (χ4n) is 5.66. The molecule has 0 bridgehead atoms. The number of benzene rings is 2. The van der Waals surface area contributed by atoms with Crippen LogP contribution in [0.3, 0.4) is 0 Å². The summed E-state index contributed by atoms with van der Waals surface area (Å²) in [6.07, 6.45) is 6.70. The van der Waals surface area contributed by atoms with E-state index < -0.39 is 23.5 Å². The molecule has 6 rings (SSSR count). The number of H-pyrrole nitrogens is 1. The minimum atomic E-state index is -0.704. The number of aromatic nitrogens is 1. The second-order valence-corrected chi connectivity index (χ2v) is 9.28. The molecule has 1 saturated carbocycles. The van der Waals surface area contributed by atoms with Crippen molar-refractivity contribution in [1.82, 2.24) is 9.88 Å². The van der Waals surface area contributed by atoms with Gasteiger partial charge in [-0.25, -0.2) is 0 Å². The summed E-state index contributed by atoms with van der Waals surface area (Å²) >= 11 is 0. The number of ketones is 1. The Bertz CT molecular complexity index is 1490. The highest BCUT2D eigenvalue weighted by atomic mass is 16.5. The van der Waals surface area contributed by atoms with Crippen molar-refractivity contribution < 1.29 is 23.8 Å². The average molecular weight is 471 g/mol. The van der Waals surface area contributed by atoms with Crippen LogP contribution >= 0.6 is 0 Å². The lowest BCUT2D eigenvalue weighted by Gasteiger charge is -2.36. The average Bonchev–Trinajstić information content (AvgIpc) is 3.58. The highest BCUT2D eigenvalue weighted by Gasteiger charge is 2.48. The van der Waals surface area contributed by atoms with Gasteiger partial charge < -0.3 is 24.1 Å². The zero-order valence-electron chi connectivity index (χ0n) is 19.4. The first-order chi connectivity index (χ1) is 17.1. The zero-order valence-corrected chi connectivity index (χ0v) is 19.4. The lowest BCUT2D eigenvalue weighted by Crippen LogP contribution is -2.41. The number of Topliss-reactive ketones (excluding diaryl/α,β-unsaturated/α-hetero) is 1. The minimum absolute atomic E-state index is 0.0434. The van der Waals surface area contributed by atoms with Crippen molar-refractivity contribution in [2.75, 3.05) is 7.11 Å². The Morgan fingerprint density at radius 3 is 2.71 bits per heavy atom. The lowest BCUT2D eigenvalue weighted by atomic mass is 9.90. The summed E-state index contributed by atoms with van der Waals surface area (Å²) in [4.78, 5) is 32.4. The molecular weight excluding hydrogens is 444 g/mol. The number of aliphatic hydroxyl groups is 1. The van der Waals surface area contributed by atoms with E-state index in [2.05, 4.69) is 4.98 Å². The van der Waals surface area contributed by atoms with Crippen LogP contribution in [0.15, 0.2) is 70.5 Å². The van der Waals surface area contributed by atoms with Gasteiger partial charge in [-0.05, 0) is 31.0 Å². The Morgan fingerprint density at radius 2 is 1.91 bits per heavy atom. The van der Waals surface area contributed by atoms with Gasteiger partial charge in [0.05, 0.1) is 18.7 Å². The van der Waals surface area contributed by atoms with Gasteiger partial charge in [0.25, 0.3) is 5.91 Å². The number of furan rings is 1. The Balaban J connectivity index is 1.50.